The number of anilines is 2. The van der Waals surface area contributed by atoms with Gasteiger partial charge < -0.3 is 10.4 Å². The van der Waals surface area contributed by atoms with Gasteiger partial charge in [-0.2, -0.15) is 0 Å². The van der Waals surface area contributed by atoms with Gasteiger partial charge in [0.25, 0.3) is 0 Å². The Morgan fingerprint density at radius 3 is 2.67 bits per heavy atom. The molecule has 0 radical (unpaired) electrons. The predicted octanol–water partition coefficient (Wildman–Crippen LogP) is 5.35. The van der Waals surface area contributed by atoms with Crippen LogP contribution in [0.2, 0.25) is 5.02 Å². The van der Waals surface area contributed by atoms with Crippen molar-refractivity contribution in [2.24, 2.45) is 5.41 Å². The lowest BCUT2D eigenvalue weighted by Crippen LogP contribution is -2.38. The molecule has 1 heterocycles. The molecule has 0 bridgehead atoms. The van der Waals surface area contributed by atoms with Gasteiger partial charge in [0.15, 0.2) is 5.78 Å². The van der Waals surface area contributed by atoms with E-state index in [0.717, 1.165) is 0 Å². The van der Waals surface area contributed by atoms with Gasteiger partial charge in [0.2, 0.25) is 5.91 Å². The molecule has 1 amide bonds. The Kier molecular flexibility index (Phi) is 4.85. The van der Waals surface area contributed by atoms with Crippen LogP contribution in [0.5, 0.6) is 5.75 Å². The first-order chi connectivity index (χ1) is 14.1. The second kappa shape index (κ2) is 7.13. The van der Waals surface area contributed by atoms with Crippen molar-refractivity contribution in [3.8, 4) is 5.75 Å². The molecule has 2 aromatic rings. The minimum absolute atomic E-state index is 0.0568. The number of hydrogen-bond acceptors (Lipinski definition) is 4. The monoisotopic (exact) mass is 428 g/mol. The summed E-state index contributed by atoms with van der Waals surface area (Å²) in [7, 11) is 0. The number of amides is 1. The fourth-order valence-corrected chi connectivity index (χ4v) is 4.57. The Morgan fingerprint density at radius 1 is 1.27 bits per heavy atom. The maximum absolute atomic E-state index is 15.1. The van der Waals surface area contributed by atoms with Gasteiger partial charge in [0.1, 0.15) is 17.3 Å². The number of phenolic OH excluding ortho intramolecular Hbond substituents is 1. The van der Waals surface area contributed by atoms with Crippen molar-refractivity contribution in [3.63, 3.8) is 0 Å². The molecule has 2 N–H and O–H groups in total. The summed E-state index contributed by atoms with van der Waals surface area (Å²) in [4.78, 5) is 27.5. The molecule has 1 aliphatic heterocycles. The molecule has 4 rings (SSSR count). The molecule has 0 saturated carbocycles. The molecule has 7 heteroatoms. The highest BCUT2D eigenvalue weighted by molar-refractivity contribution is 6.30. The van der Waals surface area contributed by atoms with E-state index in [-0.39, 0.29) is 39.9 Å². The number of carbonyl (C=O) groups is 2. The minimum Gasteiger partial charge on any atom is -0.506 e. The Bertz CT molecular complexity index is 1110. The van der Waals surface area contributed by atoms with Gasteiger partial charge in [-0.15, -0.1) is 0 Å². The van der Waals surface area contributed by atoms with E-state index in [2.05, 4.69) is 5.32 Å². The summed E-state index contributed by atoms with van der Waals surface area (Å²) >= 11 is 5.95. The number of allylic oxidation sites excluding steroid dienone is 1. The van der Waals surface area contributed by atoms with Crippen molar-refractivity contribution >= 4 is 34.7 Å². The Balaban J connectivity index is 2.06. The van der Waals surface area contributed by atoms with Crippen LogP contribution in [0.25, 0.3) is 0 Å². The van der Waals surface area contributed by atoms with Crippen molar-refractivity contribution in [3.05, 3.63) is 64.1 Å². The van der Waals surface area contributed by atoms with E-state index in [4.69, 9.17) is 11.6 Å². The number of fused-ring (bicyclic) bond motifs is 1. The molecule has 156 valence electrons. The fourth-order valence-electron chi connectivity index (χ4n) is 4.41. The van der Waals surface area contributed by atoms with Crippen LogP contribution in [0.4, 0.5) is 15.8 Å². The summed E-state index contributed by atoms with van der Waals surface area (Å²) in [6.45, 7) is 5.32. The van der Waals surface area contributed by atoms with Crippen molar-refractivity contribution in [1.29, 1.82) is 0 Å². The van der Waals surface area contributed by atoms with Crippen LogP contribution in [-0.4, -0.2) is 16.8 Å². The van der Waals surface area contributed by atoms with Crippen LogP contribution < -0.4 is 10.2 Å². The van der Waals surface area contributed by atoms with Gasteiger partial charge in [-0.1, -0.05) is 37.6 Å². The summed E-state index contributed by atoms with van der Waals surface area (Å²) in [5.41, 5.74) is 1.48. The van der Waals surface area contributed by atoms with Gasteiger partial charge in [0, 0.05) is 35.2 Å². The molecular formula is C23H22ClFN2O3. The molecule has 1 aliphatic carbocycles. The molecule has 2 aromatic carbocycles. The quantitative estimate of drug-likeness (QED) is 0.601. The third-order valence-electron chi connectivity index (χ3n) is 5.60. The second-order valence-corrected chi connectivity index (χ2v) is 9.02. The third kappa shape index (κ3) is 3.35. The first-order valence-corrected chi connectivity index (χ1v) is 10.1. The van der Waals surface area contributed by atoms with Crippen molar-refractivity contribution < 1.29 is 19.1 Å². The number of benzene rings is 2. The SMILES string of the molecule is CC(=O)N1c2cccc(O)c2NC2=C(C(=O)CC(C)(C)C2)C1c1ccc(Cl)cc1F. The molecule has 0 spiro atoms. The smallest absolute Gasteiger partial charge is 0.224 e. The first kappa shape index (κ1) is 20.4. The van der Waals surface area contributed by atoms with E-state index < -0.39 is 11.9 Å². The van der Waals surface area contributed by atoms with E-state index in [9.17, 15) is 14.7 Å². The number of carbonyl (C=O) groups excluding carboxylic acids is 2. The lowest BCUT2D eigenvalue weighted by molar-refractivity contribution is -0.118. The zero-order valence-corrected chi connectivity index (χ0v) is 17.7. The van der Waals surface area contributed by atoms with Gasteiger partial charge >= 0.3 is 0 Å². The highest BCUT2D eigenvalue weighted by atomic mass is 35.5. The van der Waals surface area contributed by atoms with Crippen LogP contribution in [0.15, 0.2) is 47.7 Å². The predicted molar refractivity (Wildman–Crippen MR) is 114 cm³/mol. The highest BCUT2D eigenvalue weighted by Crippen LogP contribution is 2.50. The zero-order chi connectivity index (χ0) is 21.8. The van der Waals surface area contributed by atoms with Gasteiger partial charge in [0.05, 0.1) is 11.7 Å². The largest absolute Gasteiger partial charge is 0.506 e. The number of hydrogen-bond donors (Lipinski definition) is 2. The van der Waals surface area contributed by atoms with E-state index in [1.54, 1.807) is 12.1 Å². The van der Waals surface area contributed by atoms with Crippen LogP contribution in [-0.2, 0) is 9.59 Å². The number of phenols is 1. The number of para-hydroxylation sites is 1. The average molecular weight is 429 g/mol. The molecule has 2 aliphatic rings. The Morgan fingerprint density at radius 2 is 2.00 bits per heavy atom. The lowest BCUT2D eigenvalue weighted by Gasteiger charge is -2.36. The van der Waals surface area contributed by atoms with E-state index in [1.165, 1.54) is 36.1 Å². The van der Waals surface area contributed by atoms with Gasteiger partial charge in [-0.3, -0.25) is 14.5 Å². The number of nitrogens with zero attached hydrogens (tertiary/aromatic N) is 1. The van der Waals surface area contributed by atoms with E-state index >= 15 is 4.39 Å². The Hall–Kier alpha value is -2.86. The summed E-state index contributed by atoms with van der Waals surface area (Å²) in [6, 6.07) is 8.02. The normalized spacial score (nSPS) is 20.2. The number of rotatable bonds is 1. The molecule has 1 atom stereocenters. The van der Waals surface area contributed by atoms with Crippen molar-refractivity contribution in [2.75, 3.05) is 10.2 Å². The summed E-state index contributed by atoms with van der Waals surface area (Å²) in [6.07, 6.45) is 0.784. The fraction of sp³-hybridized carbons (Fsp3) is 0.304. The molecule has 0 aromatic heterocycles. The van der Waals surface area contributed by atoms with Gasteiger partial charge in [-0.05, 0) is 36.1 Å². The molecule has 0 fully saturated rings. The first-order valence-electron chi connectivity index (χ1n) is 9.69. The minimum atomic E-state index is -0.978. The maximum atomic E-state index is 15.1. The standard InChI is InChI=1S/C23H22ClFN2O3/c1-12(28)27-17-5-4-6-18(29)21(17)26-16-10-23(2,3)11-19(30)20(16)22(27)14-8-7-13(24)9-15(14)25/h4-9,22,26,29H,10-11H2,1-3H3. The van der Waals surface area contributed by atoms with E-state index in [0.29, 0.717) is 29.1 Å². The van der Waals surface area contributed by atoms with E-state index in [1.807, 2.05) is 13.8 Å². The van der Waals surface area contributed by atoms with Crippen LogP contribution >= 0.6 is 11.6 Å². The maximum Gasteiger partial charge on any atom is 0.224 e. The number of Topliss-reactive ketones (excluding diaryl/α,β-unsaturated/α-hetero) is 1. The van der Waals surface area contributed by atoms with Gasteiger partial charge in [-0.25, -0.2) is 4.39 Å². The summed E-state index contributed by atoms with van der Waals surface area (Å²) in [5, 5.41) is 13.9. The van der Waals surface area contributed by atoms with Crippen molar-refractivity contribution in [2.45, 2.75) is 39.7 Å². The van der Waals surface area contributed by atoms with Crippen LogP contribution in [0.1, 0.15) is 45.2 Å². The lowest BCUT2D eigenvalue weighted by atomic mass is 9.73. The summed E-state index contributed by atoms with van der Waals surface area (Å²) in [5.74, 6) is -1.20. The molecule has 30 heavy (non-hydrogen) atoms. The third-order valence-corrected chi connectivity index (χ3v) is 5.84. The number of halogens is 2. The Labute approximate surface area is 179 Å². The second-order valence-electron chi connectivity index (χ2n) is 8.59. The molecule has 5 nitrogen and oxygen atoms in total. The molecular weight excluding hydrogens is 407 g/mol. The van der Waals surface area contributed by atoms with Crippen molar-refractivity contribution in [1.82, 2.24) is 0 Å². The van der Waals surface area contributed by atoms with Crippen LogP contribution in [0.3, 0.4) is 0 Å². The molecule has 0 saturated heterocycles. The topological polar surface area (TPSA) is 69.6 Å². The zero-order valence-electron chi connectivity index (χ0n) is 16.9. The number of ketones is 1. The average Bonchev–Trinajstić information content (AvgIpc) is 2.76. The number of aromatic hydroxyl groups is 1. The van der Waals surface area contributed by atoms with Crippen LogP contribution in [0, 0.1) is 11.2 Å². The number of nitrogens with one attached hydrogen (secondary N) is 1. The highest BCUT2D eigenvalue weighted by Gasteiger charge is 2.43. The molecule has 1 unspecified atom stereocenters. The summed E-state index contributed by atoms with van der Waals surface area (Å²) < 4.78 is 15.1.